The summed E-state index contributed by atoms with van der Waals surface area (Å²) in [7, 11) is 3.95. The van der Waals surface area contributed by atoms with E-state index in [2.05, 4.69) is 37.8 Å². The highest BCUT2D eigenvalue weighted by molar-refractivity contribution is 5.80. The molecule has 1 aromatic heterocycles. The van der Waals surface area contributed by atoms with Crippen LogP contribution in [0.1, 0.15) is 24.8 Å². The third-order valence-corrected chi connectivity index (χ3v) is 6.19. The molecule has 2 aliphatic rings. The van der Waals surface area contributed by atoms with Crippen molar-refractivity contribution >= 4 is 29.3 Å². The van der Waals surface area contributed by atoms with Crippen molar-refractivity contribution in [1.29, 1.82) is 5.26 Å². The first-order valence-corrected chi connectivity index (χ1v) is 11.8. The van der Waals surface area contributed by atoms with Gasteiger partial charge < -0.3 is 10.2 Å². The number of benzene rings is 2. The second-order valence-corrected chi connectivity index (χ2v) is 8.97. The van der Waals surface area contributed by atoms with Crippen LogP contribution in [0.3, 0.4) is 0 Å². The molecule has 0 aliphatic carbocycles. The van der Waals surface area contributed by atoms with Crippen LogP contribution in [-0.2, 0) is 0 Å². The van der Waals surface area contributed by atoms with Crippen LogP contribution in [0, 0.1) is 11.3 Å². The molecule has 2 aromatic carbocycles. The van der Waals surface area contributed by atoms with E-state index in [-0.39, 0.29) is 6.29 Å². The lowest BCUT2D eigenvalue weighted by Crippen LogP contribution is -2.44. The molecule has 3 aromatic rings. The van der Waals surface area contributed by atoms with Crippen molar-refractivity contribution in [3.63, 3.8) is 0 Å². The number of aromatic nitrogens is 2. The van der Waals surface area contributed by atoms with Crippen molar-refractivity contribution in [3.05, 3.63) is 60.3 Å². The molecule has 1 saturated heterocycles. The summed E-state index contributed by atoms with van der Waals surface area (Å²) >= 11 is 0. The van der Waals surface area contributed by atoms with Crippen LogP contribution < -0.4 is 20.7 Å². The molecule has 178 valence electrons. The van der Waals surface area contributed by atoms with E-state index in [0.29, 0.717) is 11.5 Å². The van der Waals surface area contributed by atoms with Gasteiger partial charge in [-0.1, -0.05) is 0 Å². The van der Waals surface area contributed by atoms with E-state index < -0.39 is 0 Å². The third kappa shape index (κ3) is 5.24. The van der Waals surface area contributed by atoms with Gasteiger partial charge in [-0.25, -0.2) is 15.0 Å². The zero-order valence-electron chi connectivity index (χ0n) is 20.0. The van der Waals surface area contributed by atoms with Gasteiger partial charge in [-0.15, -0.1) is 0 Å². The Morgan fingerprint density at radius 1 is 1.03 bits per heavy atom. The number of aliphatic imine (C=N–C) groups is 1. The minimum atomic E-state index is -0.0705. The lowest BCUT2D eigenvalue weighted by molar-refractivity contribution is 0.272. The van der Waals surface area contributed by atoms with E-state index in [1.807, 2.05) is 66.5 Å². The van der Waals surface area contributed by atoms with Gasteiger partial charge in [0.2, 0.25) is 5.95 Å². The van der Waals surface area contributed by atoms with E-state index >= 15 is 0 Å². The fraction of sp³-hybridized carbons (Fsp3) is 0.308. The number of nitrogens with one attached hydrogen (secondary N) is 2. The van der Waals surface area contributed by atoms with Gasteiger partial charge in [0, 0.05) is 36.2 Å². The minimum Gasteiger partial charge on any atom is -0.371 e. The second kappa shape index (κ2) is 10.1. The molecular weight excluding hydrogens is 438 g/mol. The van der Waals surface area contributed by atoms with Crippen molar-refractivity contribution in [2.75, 3.05) is 42.4 Å². The highest BCUT2D eigenvalue weighted by atomic mass is 15.6. The van der Waals surface area contributed by atoms with Crippen LogP contribution in [0.25, 0.3) is 11.3 Å². The third-order valence-electron chi connectivity index (χ3n) is 6.19. The largest absolute Gasteiger partial charge is 0.371 e. The Bertz CT molecular complexity index is 1240. The number of piperidine rings is 1. The summed E-state index contributed by atoms with van der Waals surface area (Å²) < 4.78 is 0. The summed E-state index contributed by atoms with van der Waals surface area (Å²) in [6.45, 7) is 2.05. The predicted octanol–water partition coefficient (Wildman–Crippen LogP) is 3.95. The molecule has 1 fully saturated rings. The molecule has 0 amide bonds. The van der Waals surface area contributed by atoms with Gasteiger partial charge in [0.25, 0.3) is 0 Å². The fourth-order valence-corrected chi connectivity index (χ4v) is 4.28. The van der Waals surface area contributed by atoms with Crippen molar-refractivity contribution in [2.24, 2.45) is 4.99 Å². The number of anilines is 4. The molecule has 2 aliphatic heterocycles. The zero-order valence-corrected chi connectivity index (χ0v) is 20.0. The van der Waals surface area contributed by atoms with Crippen molar-refractivity contribution in [1.82, 2.24) is 20.3 Å². The first kappa shape index (κ1) is 22.8. The van der Waals surface area contributed by atoms with E-state index in [1.54, 1.807) is 12.5 Å². The van der Waals surface area contributed by atoms with Gasteiger partial charge in [-0.3, -0.25) is 9.91 Å². The van der Waals surface area contributed by atoms with Gasteiger partial charge in [0.1, 0.15) is 6.34 Å². The Morgan fingerprint density at radius 3 is 2.54 bits per heavy atom. The maximum absolute atomic E-state index is 9.59. The maximum atomic E-state index is 9.59. The molecule has 3 heterocycles. The zero-order chi connectivity index (χ0) is 24.2. The van der Waals surface area contributed by atoms with Gasteiger partial charge in [-0.2, -0.15) is 10.7 Å². The summed E-state index contributed by atoms with van der Waals surface area (Å²) in [5.74, 6) is 0.505. The topological polar surface area (TPSA) is 95.7 Å². The Kier molecular flexibility index (Phi) is 6.57. The maximum Gasteiger partial charge on any atom is 0.227 e. The molecular formula is C26H29N9. The summed E-state index contributed by atoms with van der Waals surface area (Å²) in [5.41, 5.74) is 8.59. The van der Waals surface area contributed by atoms with Gasteiger partial charge in [0.15, 0.2) is 6.29 Å². The summed E-state index contributed by atoms with van der Waals surface area (Å²) in [6, 6.07) is 18.1. The first-order valence-electron chi connectivity index (χ1n) is 11.8. The normalized spacial score (nSPS) is 17.6. The Morgan fingerprint density at radius 2 is 1.83 bits per heavy atom. The van der Waals surface area contributed by atoms with Crippen LogP contribution in [0.5, 0.6) is 0 Å². The summed E-state index contributed by atoms with van der Waals surface area (Å²) in [4.78, 5) is 17.9. The van der Waals surface area contributed by atoms with Crippen molar-refractivity contribution in [2.45, 2.75) is 25.6 Å². The molecule has 35 heavy (non-hydrogen) atoms. The number of nitriles is 1. The Labute approximate surface area is 205 Å². The van der Waals surface area contributed by atoms with E-state index in [4.69, 9.17) is 4.98 Å². The van der Waals surface area contributed by atoms with Crippen LogP contribution in [0.4, 0.5) is 23.0 Å². The van der Waals surface area contributed by atoms with E-state index in [1.165, 1.54) is 19.3 Å². The smallest absolute Gasteiger partial charge is 0.227 e. The highest BCUT2D eigenvalue weighted by Gasteiger charge is 2.19. The van der Waals surface area contributed by atoms with Gasteiger partial charge in [-0.05, 0) is 81.9 Å². The minimum absolute atomic E-state index is 0.0705. The van der Waals surface area contributed by atoms with Crippen molar-refractivity contribution < 1.29 is 0 Å². The van der Waals surface area contributed by atoms with E-state index in [9.17, 15) is 5.26 Å². The van der Waals surface area contributed by atoms with Crippen LogP contribution in [-0.4, -0.2) is 54.7 Å². The molecule has 2 N–H and O–H groups in total. The number of hydrazine groups is 1. The van der Waals surface area contributed by atoms with Crippen LogP contribution in [0.15, 0.2) is 59.7 Å². The molecule has 1 unspecified atom stereocenters. The number of nitrogens with zero attached hydrogens (tertiary/aromatic N) is 7. The molecule has 1 atom stereocenters. The average molecular weight is 468 g/mol. The number of hydrogen-bond donors (Lipinski definition) is 2. The lowest BCUT2D eigenvalue weighted by Gasteiger charge is -2.29. The molecule has 0 spiro atoms. The standard InChI is InChI=1S/C26H29N9/c1-33(2)26-29-18-35(32-26)22-8-6-21(7-9-22)30-25-28-11-10-24(31-25)20-14-19(17-27)15-23(16-20)34-12-4-3-5-13-34/h6-11,14-16,18,26,32H,3-5,12-13H2,1-2H3,(H,28,30,31). The molecule has 0 radical (unpaired) electrons. The molecule has 5 rings (SSSR count). The van der Waals surface area contributed by atoms with Crippen molar-refractivity contribution in [3.8, 4) is 17.3 Å². The molecule has 9 heteroatoms. The summed E-state index contributed by atoms with van der Waals surface area (Å²) in [5, 5.41) is 14.8. The van der Waals surface area contributed by atoms with E-state index in [0.717, 1.165) is 41.4 Å². The predicted molar refractivity (Wildman–Crippen MR) is 140 cm³/mol. The SMILES string of the molecule is CN(C)C1N=CN(c2ccc(Nc3nccc(-c4cc(C#N)cc(N5CCCCC5)c4)n3)cc2)N1. The van der Waals surface area contributed by atoms with Gasteiger partial charge in [0.05, 0.1) is 23.0 Å². The summed E-state index contributed by atoms with van der Waals surface area (Å²) in [6.07, 6.45) is 7.09. The van der Waals surface area contributed by atoms with Crippen LogP contribution in [0.2, 0.25) is 0 Å². The average Bonchev–Trinajstić information content (AvgIpc) is 3.40. The Balaban J connectivity index is 1.33. The molecule has 9 nitrogen and oxygen atoms in total. The number of rotatable bonds is 6. The van der Waals surface area contributed by atoms with Gasteiger partial charge >= 0.3 is 0 Å². The monoisotopic (exact) mass is 467 g/mol. The first-order chi connectivity index (χ1) is 17.1. The number of hydrogen-bond acceptors (Lipinski definition) is 9. The Hall–Kier alpha value is -4.00. The lowest BCUT2D eigenvalue weighted by atomic mass is 10.0. The second-order valence-electron chi connectivity index (χ2n) is 8.97. The quantitative estimate of drug-likeness (QED) is 0.563. The van der Waals surface area contributed by atoms with Crippen LogP contribution >= 0.6 is 0 Å². The molecule has 0 saturated carbocycles. The fourth-order valence-electron chi connectivity index (χ4n) is 4.28. The molecule has 0 bridgehead atoms. The highest BCUT2D eigenvalue weighted by Crippen LogP contribution is 2.28.